The first-order valence-corrected chi connectivity index (χ1v) is 6.23. The number of aromatic carboxylic acids is 1. The summed E-state index contributed by atoms with van der Waals surface area (Å²) in [4.78, 5) is 23.7. The van der Waals surface area contributed by atoms with E-state index in [4.69, 9.17) is 15.3 Å². The van der Waals surface area contributed by atoms with Gasteiger partial charge in [-0.05, 0) is 18.2 Å². The van der Waals surface area contributed by atoms with Gasteiger partial charge in [0, 0.05) is 10.9 Å². The minimum Gasteiger partial charge on any atom is -0.478 e. The molecule has 104 valence electrons. The predicted octanol–water partition coefficient (Wildman–Crippen LogP) is 2.94. The van der Waals surface area contributed by atoms with Crippen molar-refractivity contribution >= 4 is 28.4 Å². The van der Waals surface area contributed by atoms with Gasteiger partial charge >= 0.3 is 5.97 Å². The Morgan fingerprint density at radius 1 is 0.952 bits per heavy atom. The number of nitrogens with two attached hydrogens (primary N) is 1. The first kappa shape index (κ1) is 12.9. The summed E-state index contributed by atoms with van der Waals surface area (Å²) in [6.45, 7) is 0. The van der Waals surface area contributed by atoms with Crippen LogP contribution in [0.3, 0.4) is 0 Å². The van der Waals surface area contributed by atoms with E-state index < -0.39 is 11.8 Å². The molecule has 5 nitrogen and oxygen atoms in total. The van der Waals surface area contributed by atoms with Gasteiger partial charge in [-0.2, -0.15) is 0 Å². The second-order valence-electron chi connectivity index (χ2n) is 4.52. The highest BCUT2D eigenvalue weighted by molar-refractivity contribution is 6.17. The number of para-hydroxylation sites is 1. The van der Waals surface area contributed by atoms with Crippen LogP contribution in [0.5, 0.6) is 0 Å². The zero-order chi connectivity index (χ0) is 15.0. The van der Waals surface area contributed by atoms with Crippen LogP contribution in [0, 0.1) is 0 Å². The van der Waals surface area contributed by atoms with Gasteiger partial charge in [0.15, 0.2) is 5.76 Å². The van der Waals surface area contributed by atoms with Gasteiger partial charge in [-0.1, -0.05) is 30.3 Å². The van der Waals surface area contributed by atoms with Gasteiger partial charge in [0.25, 0.3) is 0 Å². The van der Waals surface area contributed by atoms with Gasteiger partial charge in [0.05, 0.1) is 11.3 Å². The molecule has 2 aromatic carbocycles. The molecule has 0 aliphatic rings. The van der Waals surface area contributed by atoms with Crippen molar-refractivity contribution in [3.05, 3.63) is 65.4 Å². The van der Waals surface area contributed by atoms with Crippen LogP contribution in [0.1, 0.15) is 26.5 Å². The average molecular weight is 281 g/mol. The molecule has 1 aromatic heterocycles. The van der Waals surface area contributed by atoms with Crippen molar-refractivity contribution in [2.75, 3.05) is 5.73 Å². The molecule has 0 amide bonds. The number of carbonyl (C=O) groups excluding carboxylic acids is 1. The Morgan fingerprint density at radius 3 is 2.24 bits per heavy atom. The summed E-state index contributed by atoms with van der Waals surface area (Å²) >= 11 is 0. The first-order chi connectivity index (χ1) is 10.1. The van der Waals surface area contributed by atoms with Gasteiger partial charge in [0.1, 0.15) is 5.58 Å². The highest BCUT2D eigenvalue weighted by atomic mass is 16.4. The number of nitrogen functional groups attached to an aromatic ring is 1. The molecule has 0 aliphatic carbocycles. The monoisotopic (exact) mass is 281 g/mol. The average Bonchev–Trinajstić information content (AvgIpc) is 2.84. The molecule has 0 bridgehead atoms. The fraction of sp³-hybridized carbons (Fsp3) is 0. The molecule has 0 spiro atoms. The molecule has 0 saturated carbocycles. The summed E-state index contributed by atoms with van der Waals surface area (Å²) in [5.74, 6) is -1.75. The Morgan fingerprint density at radius 2 is 1.57 bits per heavy atom. The van der Waals surface area contributed by atoms with Gasteiger partial charge in [0.2, 0.25) is 5.78 Å². The quantitative estimate of drug-likeness (QED) is 0.720. The van der Waals surface area contributed by atoms with Crippen LogP contribution >= 0.6 is 0 Å². The normalized spacial score (nSPS) is 10.7. The van der Waals surface area contributed by atoms with E-state index in [9.17, 15) is 9.59 Å². The van der Waals surface area contributed by atoms with E-state index in [1.54, 1.807) is 36.4 Å². The first-order valence-electron chi connectivity index (χ1n) is 6.23. The smallest absolute Gasteiger partial charge is 0.336 e. The molecule has 3 rings (SSSR count). The Labute approximate surface area is 119 Å². The van der Waals surface area contributed by atoms with E-state index in [-0.39, 0.29) is 22.6 Å². The zero-order valence-corrected chi connectivity index (χ0v) is 10.9. The third-order valence-corrected chi connectivity index (χ3v) is 3.24. The van der Waals surface area contributed by atoms with Crippen molar-refractivity contribution in [1.29, 1.82) is 0 Å². The number of carbonyl (C=O) groups is 2. The van der Waals surface area contributed by atoms with Gasteiger partial charge < -0.3 is 15.3 Å². The standard InChI is InChI=1S/C16H11NO4/c17-13-11-7-3-4-8-12(11)21-15(13)14(18)9-5-1-2-6-10(9)16(19)20/h1-8H,17H2,(H,19,20). The number of ketones is 1. The largest absolute Gasteiger partial charge is 0.478 e. The van der Waals surface area contributed by atoms with E-state index in [1.807, 2.05) is 0 Å². The molecule has 0 radical (unpaired) electrons. The molecule has 0 saturated heterocycles. The molecule has 3 N–H and O–H groups in total. The van der Waals surface area contributed by atoms with Gasteiger partial charge in [-0.25, -0.2) is 4.79 Å². The van der Waals surface area contributed by atoms with E-state index in [1.165, 1.54) is 12.1 Å². The van der Waals surface area contributed by atoms with Crippen LogP contribution in [0.15, 0.2) is 52.9 Å². The summed E-state index contributed by atoms with van der Waals surface area (Å²) in [6.07, 6.45) is 0. The highest BCUT2D eigenvalue weighted by Crippen LogP contribution is 2.30. The van der Waals surface area contributed by atoms with Crippen molar-refractivity contribution in [3.8, 4) is 0 Å². The third kappa shape index (κ3) is 2.04. The maximum Gasteiger partial charge on any atom is 0.336 e. The second kappa shape index (κ2) is 4.79. The number of benzene rings is 2. The Balaban J connectivity index is 2.18. The Kier molecular flexibility index (Phi) is 2.95. The summed E-state index contributed by atoms with van der Waals surface area (Å²) in [5, 5.41) is 9.79. The number of fused-ring (bicyclic) bond motifs is 1. The van der Waals surface area contributed by atoms with Crippen LogP contribution in [0.4, 0.5) is 5.69 Å². The highest BCUT2D eigenvalue weighted by Gasteiger charge is 2.23. The van der Waals surface area contributed by atoms with E-state index >= 15 is 0 Å². The summed E-state index contributed by atoms with van der Waals surface area (Å²) in [6, 6.07) is 13.0. The van der Waals surface area contributed by atoms with Crippen LogP contribution in [0.2, 0.25) is 0 Å². The molecule has 1 heterocycles. The summed E-state index contributed by atoms with van der Waals surface area (Å²) < 4.78 is 5.48. The van der Waals surface area contributed by atoms with Crippen molar-refractivity contribution in [2.24, 2.45) is 0 Å². The lowest BCUT2D eigenvalue weighted by atomic mass is 10.0. The maximum absolute atomic E-state index is 12.5. The Bertz CT molecular complexity index is 864. The van der Waals surface area contributed by atoms with E-state index in [2.05, 4.69) is 0 Å². The van der Waals surface area contributed by atoms with Crippen molar-refractivity contribution in [3.63, 3.8) is 0 Å². The van der Waals surface area contributed by atoms with Gasteiger partial charge in [-0.3, -0.25) is 4.79 Å². The topological polar surface area (TPSA) is 93.5 Å². The lowest BCUT2D eigenvalue weighted by Crippen LogP contribution is -2.10. The van der Waals surface area contributed by atoms with Gasteiger partial charge in [-0.15, -0.1) is 0 Å². The lowest BCUT2D eigenvalue weighted by Gasteiger charge is -2.03. The third-order valence-electron chi connectivity index (χ3n) is 3.24. The number of anilines is 1. The summed E-state index contributed by atoms with van der Waals surface area (Å²) in [5.41, 5.74) is 6.62. The molecular formula is C16H11NO4. The predicted molar refractivity (Wildman–Crippen MR) is 77.5 cm³/mol. The maximum atomic E-state index is 12.5. The van der Waals surface area contributed by atoms with Crippen LogP contribution < -0.4 is 5.73 Å². The van der Waals surface area contributed by atoms with E-state index in [0.29, 0.717) is 11.0 Å². The van der Waals surface area contributed by atoms with E-state index in [0.717, 1.165) is 0 Å². The fourth-order valence-corrected chi connectivity index (χ4v) is 2.22. The molecule has 21 heavy (non-hydrogen) atoms. The van der Waals surface area contributed by atoms with Crippen molar-refractivity contribution < 1.29 is 19.1 Å². The number of furan rings is 1. The number of carboxylic acids is 1. The van der Waals surface area contributed by atoms with Crippen LogP contribution in [-0.2, 0) is 0 Å². The van der Waals surface area contributed by atoms with Crippen molar-refractivity contribution in [2.45, 2.75) is 0 Å². The minimum atomic E-state index is -1.17. The molecule has 0 unspecified atom stereocenters. The lowest BCUT2D eigenvalue weighted by molar-refractivity contribution is 0.0692. The fourth-order valence-electron chi connectivity index (χ4n) is 2.22. The van der Waals surface area contributed by atoms with Crippen LogP contribution in [-0.4, -0.2) is 16.9 Å². The molecule has 3 aromatic rings. The second-order valence-corrected chi connectivity index (χ2v) is 4.52. The molecule has 0 aliphatic heterocycles. The number of hydrogen-bond acceptors (Lipinski definition) is 4. The Hall–Kier alpha value is -3.08. The molecule has 0 atom stereocenters. The SMILES string of the molecule is Nc1c(C(=O)c2ccccc2C(=O)O)oc2ccccc12. The zero-order valence-electron chi connectivity index (χ0n) is 10.9. The molecule has 0 fully saturated rings. The number of rotatable bonds is 3. The number of carboxylic acid groups (broad SMARTS) is 1. The van der Waals surface area contributed by atoms with Crippen molar-refractivity contribution in [1.82, 2.24) is 0 Å². The summed E-state index contributed by atoms with van der Waals surface area (Å²) in [7, 11) is 0. The minimum absolute atomic E-state index is 0.0371. The number of hydrogen-bond donors (Lipinski definition) is 2. The molecular weight excluding hydrogens is 270 g/mol. The molecule has 5 heteroatoms. The van der Waals surface area contributed by atoms with Crippen LogP contribution in [0.25, 0.3) is 11.0 Å².